The summed E-state index contributed by atoms with van der Waals surface area (Å²) in [5.41, 5.74) is -0.624. The van der Waals surface area contributed by atoms with Gasteiger partial charge in [-0.15, -0.1) is 11.3 Å². The number of hydrogen-bond donors (Lipinski definition) is 2. The number of hydrogen-bond acceptors (Lipinski definition) is 5. The van der Waals surface area contributed by atoms with Crippen molar-refractivity contribution >= 4 is 21.4 Å². The lowest BCUT2D eigenvalue weighted by molar-refractivity contribution is 0.141. The molecule has 0 saturated heterocycles. The molecule has 5 nitrogen and oxygen atoms in total. The smallest absolute Gasteiger partial charge is 0.250 e. The predicted molar refractivity (Wildman–Crippen MR) is 73.4 cm³/mol. The molecule has 18 heavy (non-hydrogen) atoms. The van der Waals surface area contributed by atoms with E-state index in [1.165, 1.54) is 11.3 Å². The summed E-state index contributed by atoms with van der Waals surface area (Å²) in [6, 6.07) is 3.45. The maximum absolute atomic E-state index is 12.2. The zero-order chi connectivity index (χ0) is 13.8. The Hall–Kier alpha value is -0.470. The van der Waals surface area contributed by atoms with Gasteiger partial charge in [0.2, 0.25) is 0 Å². The number of ether oxygens (including phenoxy) is 1. The highest BCUT2D eigenvalue weighted by Crippen LogP contribution is 2.22. The zero-order valence-corrected chi connectivity index (χ0v) is 12.7. The van der Waals surface area contributed by atoms with Gasteiger partial charge < -0.3 is 10.1 Å². The van der Waals surface area contributed by atoms with E-state index in [9.17, 15) is 8.42 Å². The summed E-state index contributed by atoms with van der Waals surface area (Å²) in [7, 11) is -0.102. The van der Waals surface area contributed by atoms with Crippen LogP contribution in [0.15, 0.2) is 16.3 Å². The Balaban J connectivity index is 2.85. The van der Waals surface area contributed by atoms with E-state index in [1.54, 1.807) is 27.0 Å². The van der Waals surface area contributed by atoms with Gasteiger partial charge >= 0.3 is 0 Å². The minimum absolute atomic E-state index is 0.320. The van der Waals surface area contributed by atoms with Crippen molar-refractivity contribution in [2.45, 2.75) is 30.1 Å². The van der Waals surface area contributed by atoms with Crippen LogP contribution in [0.3, 0.4) is 0 Å². The third-order valence-corrected chi connectivity index (χ3v) is 5.44. The first-order valence-electron chi connectivity index (χ1n) is 5.57. The molecule has 0 aliphatic carbocycles. The lowest BCUT2D eigenvalue weighted by Gasteiger charge is -2.24. The Morgan fingerprint density at radius 1 is 1.39 bits per heavy atom. The monoisotopic (exact) mass is 292 g/mol. The lowest BCUT2D eigenvalue weighted by Crippen LogP contribution is -2.46. The van der Waals surface area contributed by atoms with E-state index in [1.807, 2.05) is 13.1 Å². The van der Waals surface area contributed by atoms with Crippen LogP contribution in [0.2, 0.25) is 0 Å². The first-order valence-corrected chi connectivity index (χ1v) is 7.87. The summed E-state index contributed by atoms with van der Waals surface area (Å²) in [5.74, 6) is 0. The molecule has 0 unspecified atom stereocenters. The Morgan fingerprint density at radius 2 is 2.06 bits per heavy atom. The van der Waals surface area contributed by atoms with Crippen molar-refractivity contribution in [2.24, 2.45) is 0 Å². The van der Waals surface area contributed by atoms with Gasteiger partial charge in [-0.1, -0.05) is 0 Å². The molecule has 0 amide bonds. The first kappa shape index (κ1) is 15.6. The standard InChI is InChI=1S/C11H20N2O3S2/c1-11(2,8-16-4)13-18(14,15)10-6-5-9(17-10)7-12-3/h5-6,12-13H,7-8H2,1-4H3. The molecule has 7 heteroatoms. The summed E-state index contributed by atoms with van der Waals surface area (Å²) >= 11 is 1.27. The Labute approximate surface area is 113 Å². The zero-order valence-electron chi connectivity index (χ0n) is 11.1. The summed E-state index contributed by atoms with van der Waals surface area (Å²) in [6.07, 6.45) is 0. The van der Waals surface area contributed by atoms with E-state index in [2.05, 4.69) is 10.0 Å². The summed E-state index contributed by atoms with van der Waals surface area (Å²) in [6.45, 7) is 4.56. The molecule has 0 aliphatic heterocycles. The van der Waals surface area contributed by atoms with Crippen LogP contribution in [0.1, 0.15) is 18.7 Å². The van der Waals surface area contributed by atoms with Crippen molar-refractivity contribution in [3.8, 4) is 0 Å². The van der Waals surface area contributed by atoms with Crippen molar-refractivity contribution in [1.82, 2.24) is 10.0 Å². The molecule has 0 saturated carbocycles. The van der Waals surface area contributed by atoms with Gasteiger partial charge in [-0.05, 0) is 33.0 Å². The normalized spacial score (nSPS) is 12.9. The van der Waals surface area contributed by atoms with E-state index < -0.39 is 15.6 Å². The predicted octanol–water partition coefficient (Wildman–Crippen LogP) is 1.17. The van der Waals surface area contributed by atoms with Gasteiger partial charge in [0.05, 0.1) is 12.1 Å². The fourth-order valence-electron chi connectivity index (χ4n) is 1.58. The average Bonchev–Trinajstić information content (AvgIpc) is 2.65. The quantitative estimate of drug-likeness (QED) is 0.791. The third kappa shape index (κ3) is 4.33. The molecule has 0 spiro atoms. The van der Waals surface area contributed by atoms with Gasteiger partial charge in [-0.2, -0.15) is 0 Å². The number of sulfonamides is 1. The van der Waals surface area contributed by atoms with Crippen LogP contribution < -0.4 is 10.0 Å². The fourth-order valence-corrected chi connectivity index (χ4v) is 4.34. The highest BCUT2D eigenvalue weighted by atomic mass is 32.2. The second-order valence-electron chi connectivity index (χ2n) is 4.67. The van der Waals surface area contributed by atoms with E-state index in [-0.39, 0.29) is 0 Å². The van der Waals surface area contributed by atoms with Gasteiger partial charge in [0.15, 0.2) is 0 Å². The third-order valence-electron chi connectivity index (χ3n) is 2.17. The Bertz CT molecular complexity index is 480. The highest BCUT2D eigenvalue weighted by Gasteiger charge is 2.27. The van der Waals surface area contributed by atoms with Crippen molar-refractivity contribution in [3.05, 3.63) is 17.0 Å². The van der Waals surface area contributed by atoms with Crippen LogP contribution >= 0.6 is 11.3 Å². The fraction of sp³-hybridized carbons (Fsp3) is 0.636. The second-order valence-corrected chi connectivity index (χ2v) is 7.75. The first-order chi connectivity index (χ1) is 8.30. The largest absolute Gasteiger partial charge is 0.383 e. The van der Waals surface area contributed by atoms with Crippen molar-refractivity contribution in [1.29, 1.82) is 0 Å². The number of nitrogens with one attached hydrogen (secondary N) is 2. The molecule has 0 radical (unpaired) electrons. The molecule has 0 aromatic carbocycles. The van der Waals surface area contributed by atoms with Crippen molar-refractivity contribution in [2.75, 3.05) is 20.8 Å². The van der Waals surface area contributed by atoms with E-state index in [0.717, 1.165) is 4.88 Å². The van der Waals surface area contributed by atoms with Crippen LogP contribution in [0.5, 0.6) is 0 Å². The minimum Gasteiger partial charge on any atom is -0.383 e. The maximum Gasteiger partial charge on any atom is 0.250 e. The van der Waals surface area contributed by atoms with E-state index >= 15 is 0 Å². The molecule has 0 fully saturated rings. The summed E-state index contributed by atoms with van der Waals surface area (Å²) in [4.78, 5) is 0.988. The molecule has 104 valence electrons. The van der Waals surface area contributed by atoms with E-state index in [4.69, 9.17) is 4.74 Å². The number of thiophene rings is 1. The molecular formula is C11H20N2O3S2. The van der Waals surface area contributed by atoms with Gasteiger partial charge in [0, 0.05) is 18.5 Å². The Kier molecular flexibility index (Phi) is 5.30. The van der Waals surface area contributed by atoms with Crippen molar-refractivity contribution < 1.29 is 13.2 Å². The minimum atomic E-state index is -3.48. The van der Waals surface area contributed by atoms with Crippen LogP contribution in [-0.2, 0) is 21.3 Å². The van der Waals surface area contributed by atoms with Gasteiger partial charge in [0.25, 0.3) is 10.0 Å². The summed E-state index contributed by atoms with van der Waals surface area (Å²) < 4.78 is 32.3. The van der Waals surface area contributed by atoms with Crippen molar-refractivity contribution in [3.63, 3.8) is 0 Å². The van der Waals surface area contributed by atoms with Gasteiger partial charge in [-0.25, -0.2) is 13.1 Å². The Morgan fingerprint density at radius 3 is 2.61 bits per heavy atom. The number of rotatable bonds is 7. The van der Waals surface area contributed by atoms with Crippen LogP contribution in [0, 0.1) is 0 Å². The van der Waals surface area contributed by atoms with Gasteiger partial charge in [0.1, 0.15) is 4.21 Å². The molecule has 1 rings (SSSR count). The molecule has 0 atom stereocenters. The van der Waals surface area contributed by atoms with E-state index in [0.29, 0.717) is 17.4 Å². The second kappa shape index (κ2) is 6.12. The van der Waals surface area contributed by atoms with Crippen LogP contribution in [0.25, 0.3) is 0 Å². The van der Waals surface area contributed by atoms with Crippen LogP contribution in [-0.4, -0.2) is 34.7 Å². The van der Waals surface area contributed by atoms with Crippen LogP contribution in [0.4, 0.5) is 0 Å². The molecule has 0 aliphatic rings. The lowest BCUT2D eigenvalue weighted by atomic mass is 10.1. The molecule has 1 aromatic rings. The van der Waals surface area contributed by atoms with Gasteiger partial charge in [-0.3, -0.25) is 0 Å². The molecule has 2 N–H and O–H groups in total. The molecule has 0 bridgehead atoms. The topological polar surface area (TPSA) is 67.4 Å². The highest BCUT2D eigenvalue weighted by molar-refractivity contribution is 7.91. The summed E-state index contributed by atoms with van der Waals surface area (Å²) in [5, 5.41) is 2.99. The molecule has 1 aromatic heterocycles. The molecule has 1 heterocycles. The number of methoxy groups -OCH3 is 1. The maximum atomic E-state index is 12.2. The molecular weight excluding hydrogens is 272 g/mol. The SMILES string of the molecule is CNCc1ccc(S(=O)(=O)NC(C)(C)COC)s1. The average molecular weight is 292 g/mol.